The van der Waals surface area contributed by atoms with E-state index in [9.17, 15) is 4.79 Å². The van der Waals surface area contributed by atoms with Gasteiger partial charge in [-0.15, -0.1) is 5.10 Å². The zero-order chi connectivity index (χ0) is 17.8. The van der Waals surface area contributed by atoms with Crippen molar-refractivity contribution in [3.63, 3.8) is 0 Å². The highest BCUT2D eigenvalue weighted by Crippen LogP contribution is 2.18. The zero-order valence-electron chi connectivity index (χ0n) is 14.4. The van der Waals surface area contributed by atoms with Gasteiger partial charge >= 0.3 is 5.97 Å². The van der Waals surface area contributed by atoms with Crippen molar-refractivity contribution in [2.24, 2.45) is 0 Å². The van der Waals surface area contributed by atoms with Gasteiger partial charge in [-0.3, -0.25) is 0 Å². The number of aromatic nitrogens is 4. The number of ether oxygens (including phenoxy) is 1. The van der Waals surface area contributed by atoms with E-state index < -0.39 is 5.97 Å². The predicted octanol–water partition coefficient (Wildman–Crippen LogP) is 2.50. The molecule has 0 saturated heterocycles. The Bertz CT molecular complexity index is 916. The summed E-state index contributed by atoms with van der Waals surface area (Å²) in [6.45, 7) is 2.06. The minimum absolute atomic E-state index is 0.292. The predicted molar refractivity (Wildman–Crippen MR) is 94.9 cm³/mol. The highest BCUT2D eigenvalue weighted by atomic mass is 16.5. The molecule has 0 unspecified atom stereocenters. The highest BCUT2D eigenvalue weighted by Gasteiger charge is 2.18. The summed E-state index contributed by atoms with van der Waals surface area (Å²) in [4.78, 5) is 22.8. The third-order valence-electron chi connectivity index (χ3n) is 3.46. The largest absolute Gasteiger partial charge is 0.462 e. The second kappa shape index (κ2) is 7.12. The topological polar surface area (TPSA) is 72.6 Å². The van der Waals surface area contributed by atoms with Crippen LogP contribution in [0.3, 0.4) is 0 Å². The van der Waals surface area contributed by atoms with Crippen LogP contribution in [0.25, 0.3) is 23.2 Å². The van der Waals surface area contributed by atoms with E-state index in [1.165, 1.54) is 6.20 Å². The van der Waals surface area contributed by atoms with E-state index in [1.54, 1.807) is 17.5 Å². The Morgan fingerprint density at radius 3 is 2.72 bits per heavy atom. The van der Waals surface area contributed by atoms with Crippen LogP contribution in [-0.2, 0) is 4.74 Å². The number of hydrogen-bond donors (Lipinski definition) is 0. The van der Waals surface area contributed by atoms with E-state index >= 15 is 0 Å². The third kappa shape index (κ3) is 3.50. The Hall–Kier alpha value is -3.22. The van der Waals surface area contributed by atoms with Gasteiger partial charge in [0.2, 0.25) is 0 Å². The Balaban J connectivity index is 2.17. The van der Waals surface area contributed by atoms with E-state index in [0.717, 1.165) is 5.56 Å². The molecule has 0 aliphatic rings. The van der Waals surface area contributed by atoms with Gasteiger partial charge in [0.15, 0.2) is 5.82 Å². The molecule has 0 fully saturated rings. The first-order valence-corrected chi connectivity index (χ1v) is 7.93. The molecule has 25 heavy (non-hydrogen) atoms. The van der Waals surface area contributed by atoms with Gasteiger partial charge in [0.1, 0.15) is 5.56 Å². The Morgan fingerprint density at radius 1 is 1.28 bits per heavy atom. The lowest BCUT2D eigenvalue weighted by Crippen LogP contribution is -2.12. The first-order chi connectivity index (χ1) is 12.1. The van der Waals surface area contributed by atoms with Crippen molar-refractivity contribution < 1.29 is 9.53 Å². The van der Waals surface area contributed by atoms with Crippen LogP contribution < -0.4 is 0 Å². The minimum atomic E-state index is -0.438. The molecule has 0 amide bonds. The summed E-state index contributed by atoms with van der Waals surface area (Å²) >= 11 is 0. The van der Waals surface area contributed by atoms with Crippen LogP contribution in [0.5, 0.6) is 0 Å². The Morgan fingerprint density at radius 2 is 2.04 bits per heavy atom. The summed E-state index contributed by atoms with van der Waals surface area (Å²) in [5, 5.41) is 4.53. The molecule has 3 aromatic rings. The van der Waals surface area contributed by atoms with Crippen LogP contribution >= 0.6 is 0 Å². The fraction of sp³-hybridized carbons (Fsp3) is 0.222. The molecule has 0 radical (unpaired) electrons. The molecule has 0 bridgehead atoms. The van der Waals surface area contributed by atoms with Gasteiger partial charge in [-0.25, -0.2) is 9.78 Å². The van der Waals surface area contributed by atoms with Crippen molar-refractivity contribution in [1.82, 2.24) is 24.5 Å². The summed E-state index contributed by atoms with van der Waals surface area (Å²) in [5.74, 6) is 0.533. The monoisotopic (exact) mass is 337 g/mol. The maximum Gasteiger partial charge on any atom is 0.341 e. The molecule has 0 saturated carbocycles. The van der Waals surface area contributed by atoms with Gasteiger partial charge in [0.05, 0.1) is 12.3 Å². The lowest BCUT2D eigenvalue weighted by atomic mass is 10.2. The minimum Gasteiger partial charge on any atom is -0.462 e. The van der Waals surface area contributed by atoms with Gasteiger partial charge in [-0.1, -0.05) is 30.3 Å². The van der Waals surface area contributed by atoms with E-state index in [0.29, 0.717) is 29.5 Å². The molecule has 128 valence electrons. The van der Waals surface area contributed by atoms with Crippen molar-refractivity contribution in [3.8, 4) is 11.4 Å². The Labute approximate surface area is 145 Å². The normalized spacial score (nSPS) is 11.2. The number of carbonyl (C=O) groups excluding carboxylic acids is 1. The summed E-state index contributed by atoms with van der Waals surface area (Å²) in [6, 6.07) is 9.63. The first-order valence-electron chi connectivity index (χ1n) is 7.93. The molecule has 2 aromatic heterocycles. The van der Waals surface area contributed by atoms with E-state index in [4.69, 9.17) is 4.74 Å². The van der Waals surface area contributed by atoms with Crippen LogP contribution in [0.4, 0.5) is 0 Å². The quantitative estimate of drug-likeness (QED) is 0.666. The lowest BCUT2D eigenvalue weighted by Gasteiger charge is -2.08. The molecule has 2 heterocycles. The second-order valence-corrected chi connectivity index (χ2v) is 5.57. The number of hydrogen-bond acceptors (Lipinski definition) is 6. The van der Waals surface area contributed by atoms with Gasteiger partial charge < -0.3 is 9.64 Å². The molecular formula is C18H19N5O2. The second-order valence-electron chi connectivity index (χ2n) is 5.57. The van der Waals surface area contributed by atoms with Crippen LogP contribution in [0.1, 0.15) is 23.0 Å². The molecule has 0 aliphatic carbocycles. The smallest absolute Gasteiger partial charge is 0.341 e. The zero-order valence-corrected chi connectivity index (χ0v) is 14.4. The summed E-state index contributed by atoms with van der Waals surface area (Å²) in [5.41, 5.74) is 1.80. The van der Waals surface area contributed by atoms with Crippen LogP contribution in [0.2, 0.25) is 0 Å². The van der Waals surface area contributed by atoms with Crippen LogP contribution in [0, 0.1) is 0 Å². The molecule has 0 spiro atoms. The number of benzene rings is 1. The van der Waals surface area contributed by atoms with Crippen molar-refractivity contribution in [3.05, 3.63) is 54.0 Å². The number of esters is 1. The number of carbonyl (C=O) groups is 1. The highest BCUT2D eigenvalue weighted by molar-refractivity contribution is 5.93. The molecule has 1 aromatic carbocycles. The standard InChI is InChI=1S/C18H19N5O2/c1-4-25-17(24)14-12-19-18-20-16(13-8-6-5-7-9-13)21-23(18)15(14)10-11-22(2)3/h5-12H,4H2,1-3H3/b11-10+. The van der Waals surface area contributed by atoms with E-state index in [2.05, 4.69) is 15.1 Å². The van der Waals surface area contributed by atoms with Crippen LogP contribution in [-0.4, -0.2) is 51.2 Å². The van der Waals surface area contributed by atoms with Gasteiger partial charge in [-0.05, 0) is 13.0 Å². The number of fused-ring (bicyclic) bond motifs is 1. The molecule has 0 N–H and O–H groups in total. The first kappa shape index (κ1) is 16.6. The average molecular weight is 337 g/mol. The fourth-order valence-electron chi connectivity index (χ4n) is 2.31. The molecular weight excluding hydrogens is 318 g/mol. The van der Waals surface area contributed by atoms with Gasteiger partial charge in [0, 0.05) is 32.1 Å². The lowest BCUT2D eigenvalue weighted by molar-refractivity contribution is 0.0525. The average Bonchev–Trinajstić information content (AvgIpc) is 3.05. The Kier molecular flexibility index (Phi) is 4.74. The van der Waals surface area contributed by atoms with Crippen molar-refractivity contribution in [2.75, 3.05) is 20.7 Å². The summed E-state index contributed by atoms with van der Waals surface area (Å²) in [6.07, 6.45) is 5.11. The SMILES string of the molecule is CCOC(=O)c1cnc2nc(-c3ccccc3)nn2c1/C=C/N(C)C. The van der Waals surface area contributed by atoms with E-state index in [-0.39, 0.29) is 0 Å². The maximum atomic E-state index is 12.3. The molecule has 0 atom stereocenters. The van der Waals surface area contributed by atoms with E-state index in [1.807, 2.05) is 55.5 Å². The third-order valence-corrected chi connectivity index (χ3v) is 3.46. The van der Waals surface area contributed by atoms with Crippen molar-refractivity contribution in [2.45, 2.75) is 6.92 Å². The van der Waals surface area contributed by atoms with Gasteiger partial charge in [-0.2, -0.15) is 9.50 Å². The fourth-order valence-corrected chi connectivity index (χ4v) is 2.31. The number of nitrogens with zero attached hydrogens (tertiary/aromatic N) is 5. The van der Waals surface area contributed by atoms with Gasteiger partial charge in [0.25, 0.3) is 5.78 Å². The van der Waals surface area contributed by atoms with Crippen molar-refractivity contribution in [1.29, 1.82) is 0 Å². The summed E-state index contributed by atoms with van der Waals surface area (Å²) < 4.78 is 6.69. The number of rotatable bonds is 5. The molecule has 0 aliphatic heterocycles. The molecule has 3 rings (SSSR count). The van der Waals surface area contributed by atoms with Crippen molar-refractivity contribution >= 4 is 17.8 Å². The molecule has 7 heteroatoms. The maximum absolute atomic E-state index is 12.3. The molecule has 7 nitrogen and oxygen atoms in total. The summed E-state index contributed by atoms with van der Waals surface area (Å²) in [7, 11) is 3.80. The van der Waals surface area contributed by atoms with Crippen LogP contribution in [0.15, 0.2) is 42.7 Å².